The fraction of sp³-hybridized carbons (Fsp3) is 0.226. The van der Waals surface area contributed by atoms with Crippen molar-refractivity contribution in [2.45, 2.75) is 40.3 Å². The van der Waals surface area contributed by atoms with Crippen LogP contribution < -0.4 is 16.0 Å². The second-order valence-electron chi connectivity index (χ2n) is 10.5. The molecule has 0 aliphatic rings. The predicted molar refractivity (Wildman–Crippen MR) is 155 cm³/mol. The molecule has 1 atom stereocenters. The maximum Gasteiger partial charge on any atom is 0.258 e. The Balaban J connectivity index is 1.75. The third-order valence-electron chi connectivity index (χ3n) is 6.67. The number of aromatic nitrogens is 2. The van der Waals surface area contributed by atoms with Gasteiger partial charge in [0.25, 0.3) is 5.91 Å². The Bertz CT molecular complexity index is 1590. The molecule has 3 aromatic carbocycles. The fourth-order valence-electron chi connectivity index (χ4n) is 3.98. The maximum atomic E-state index is 13.2. The Hall–Kier alpha value is -4.74. The van der Waals surface area contributed by atoms with E-state index in [9.17, 15) is 14.9 Å². The third-order valence-corrected chi connectivity index (χ3v) is 6.67. The quantitative estimate of drug-likeness (QED) is 0.254. The fourth-order valence-corrected chi connectivity index (χ4v) is 3.98. The Labute approximate surface area is 228 Å². The van der Waals surface area contributed by atoms with Gasteiger partial charge in [-0.05, 0) is 72.5 Å². The summed E-state index contributed by atoms with van der Waals surface area (Å²) in [5, 5.41) is 18.5. The van der Waals surface area contributed by atoms with E-state index in [2.05, 4.69) is 56.3 Å². The minimum atomic E-state index is -0.388. The third kappa shape index (κ3) is 6.40. The summed E-state index contributed by atoms with van der Waals surface area (Å²) in [6, 6.07) is 22.1. The van der Waals surface area contributed by atoms with Crippen molar-refractivity contribution in [2.75, 3.05) is 10.6 Å². The highest BCUT2D eigenvalue weighted by molar-refractivity contribution is 6.04. The lowest BCUT2D eigenvalue weighted by atomic mass is 9.88. The molecule has 198 valence electrons. The number of nitriles is 1. The number of nitrogens with one attached hydrogen (secondary N) is 3. The molecular formula is C31H32N6O2. The molecule has 0 unspecified atom stereocenters. The number of amides is 2. The zero-order valence-electron chi connectivity index (χ0n) is 22.6. The molecule has 2 amide bonds. The van der Waals surface area contributed by atoms with Gasteiger partial charge >= 0.3 is 0 Å². The molecule has 4 aromatic rings. The van der Waals surface area contributed by atoms with Crippen LogP contribution in [0, 0.1) is 16.7 Å². The van der Waals surface area contributed by atoms with Gasteiger partial charge in [-0.1, -0.05) is 45.5 Å². The molecule has 8 heteroatoms. The lowest BCUT2D eigenvalue weighted by Crippen LogP contribution is -2.37. The highest BCUT2D eigenvalue weighted by Crippen LogP contribution is 2.28. The Morgan fingerprint density at radius 2 is 1.85 bits per heavy atom. The summed E-state index contributed by atoms with van der Waals surface area (Å²) in [7, 11) is 0. The van der Waals surface area contributed by atoms with E-state index in [1.54, 1.807) is 30.3 Å². The lowest BCUT2D eigenvalue weighted by molar-refractivity contribution is -0.111. The average molecular weight is 521 g/mol. The summed E-state index contributed by atoms with van der Waals surface area (Å²) >= 11 is 0. The van der Waals surface area contributed by atoms with Crippen molar-refractivity contribution in [3.8, 4) is 11.8 Å². The van der Waals surface area contributed by atoms with Crippen LogP contribution in [0.4, 0.5) is 11.6 Å². The van der Waals surface area contributed by atoms with E-state index in [1.165, 1.54) is 12.1 Å². The molecule has 0 bridgehead atoms. The van der Waals surface area contributed by atoms with Crippen LogP contribution in [0.1, 0.15) is 49.2 Å². The van der Waals surface area contributed by atoms with Crippen LogP contribution in [-0.4, -0.2) is 27.4 Å². The first-order valence-electron chi connectivity index (χ1n) is 12.7. The van der Waals surface area contributed by atoms with Crippen LogP contribution in [0.2, 0.25) is 0 Å². The number of nitrogens with zero attached hydrogens (tertiary/aromatic N) is 3. The average Bonchev–Trinajstić information content (AvgIpc) is 3.28. The van der Waals surface area contributed by atoms with Gasteiger partial charge in [-0.15, -0.1) is 0 Å². The molecule has 0 aliphatic heterocycles. The number of anilines is 2. The number of imidazole rings is 1. The van der Waals surface area contributed by atoms with Crippen LogP contribution in [0.3, 0.4) is 0 Å². The molecule has 1 heterocycles. The minimum absolute atomic E-state index is 0.123. The van der Waals surface area contributed by atoms with Gasteiger partial charge < -0.3 is 10.6 Å². The highest BCUT2D eigenvalue weighted by Gasteiger charge is 2.20. The number of carbonyl (C=O) groups is 2. The van der Waals surface area contributed by atoms with Crippen molar-refractivity contribution in [3.05, 3.63) is 96.1 Å². The van der Waals surface area contributed by atoms with Crippen molar-refractivity contribution < 1.29 is 9.59 Å². The smallest absolute Gasteiger partial charge is 0.258 e. The number of hydrogen-bond donors (Lipinski definition) is 3. The normalized spacial score (nSPS) is 12.0. The summed E-state index contributed by atoms with van der Waals surface area (Å²) in [6.07, 6.45) is 1.20. The second-order valence-corrected chi connectivity index (χ2v) is 10.5. The van der Waals surface area contributed by atoms with Crippen LogP contribution in [-0.2, 0) is 11.3 Å². The number of hydrogen-bond acceptors (Lipinski definition) is 5. The van der Waals surface area contributed by atoms with E-state index in [0.29, 0.717) is 46.6 Å². The van der Waals surface area contributed by atoms with E-state index in [-0.39, 0.29) is 17.2 Å². The molecular weight excluding hydrogens is 488 g/mol. The lowest BCUT2D eigenvalue weighted by Gasteiger charge is -2.28. The SMILES string of the molecule is C=CC(=O)Nc1cccc(-n2c(NC(=O)c3cccc(C#N)c3)nc3cc(CN[C@@H](C)C(C)(C)C)ccc32)c1. The molecule has 39 heavy (non-hydrogen) atoms. The van der Waals surface area contributed by atoms with Gasteiger partial charge in [0.05, 0.1) is 28.4 Å². The molecule has 0 spiro atoms. The molecule has 0 saturated heterocycles. The molecule has 0 aliphatic carbocycles. The first-order valence-corrected chi connectivity index (χ1v) is 12.7. The summed E-state index contributed by atoms with van der Waals surface area (Å²) in [5.41, 5.74) is 4.70. The first-order chi connectivity index (χ1) is 18.6. The van der Waals surface area contributed by atoms with Gasteiger partial charge in [0, 0.05) is 23.8 Å². The Morgan fingerprint density at radius 1 is 1.08 bits per heavy atom. The van der Waals surface area contributed by atoms with Crippen molar-refractivity contribution in [2.24, 2.45) is 5.41 Å². The second kappa shape index (κ2) is 11.3. The van der Waals surface area contributed by atoms with Gasteiger partial charge in [0.1, 0.15) is 0 Å². The van der Waals surface area contributed by atoms with Gasteiger partial charge in [0.2, 0.25) is 11.9 Å². The largest absolute Gasteiger partial charge is 0.322 e. The van der Waals surface area contributed by atoms with E-state index >= 15 is 0 Å². The van der Waals surface area contributed by atoms with E-state index in [4.69, 9.17) is 4.98 Å². The molecule has 8 nitrogen and oxygen atoms in total. The monoisotopic (exact) mass is 520 g/mol. The summed E-state index contributed by atoms with van der Waals surface area (Å²) in [6.45, 7) is 12.9. The number of carbonyl (C=O) groups excluding carboxylic acids is 2. The predicted octanol–water partition coefficient (Wildman–Crippen LogP) is 5.80. The number of fused-ring (bicyclic) bond motifs is 1. The van der Waals surface area contributed by atoms with E-state index in [1.807, 2.05) is 34.9 Å². The van der Waals surface area contributed by atoms with Crippen LogP contribution >= 0.6 is 0 Å². The van der Waals surface area contributed by atoms with Crippen LogP contribution in [0.5, 0.6) is 0 Å². The van der Waals surface area contributed by atoms with Crippen molar-refractivity contribution in [1.29, 1.82) is 5.26 Å². The molecule has 0 radical (unpaired) electrons. The topological polar surface area (TPSA) is 112 Å². The van der Waals surface area contributed by atoms with Crippen molar-refractivity contribution >= 4 is 34.5 Å². The van der Waals surface area contributed by atoms with E-state index < -0.39 is 0 Å². The minimum Gasteiger partial charge on any atom is -0.322 e. The number of rotatable bonds is 8. The molecule has 0 fully saturated rings. The van der Waals surface area contributed by atoms with Crippen LogP contribution in [0.15, 0.2) is 79.4 Å². The summed E-state index contributed by atoms with van der Waals surface area (Å²) < 4.78 is 1.83. The highest BCUT2D eigenvalue weighted by atomic mass is 16.2. The van der Waals surface area contributed by atoms with Gasteiger partial charge in [0.15, 0.2) is 0 Å². The zero-order chi connectivity index (χ0) is 28.2. The molecule has 1 aromatic heterocycles. The molecule has 3 N–H and O–H groups in total. The van der Waals surface area contributed by atoms with Gasteiger partial charge in [-0.3, -0.25) is 19.5 Å². The number of benzene rings is 3. The van der Waals surface area contributed by atoms with E-state index in [0.717, 1.165) is 11.1 Å². The van der Waals surface area contributed by atoms with Crippen LogP contribution in [0.25, 0.3) is 16.7 Å². The van der Waals surface area contributed by atoms with Crippen molar-refractivity contribution in [1.82, 2.24) is 14.9 Å². The molecule has 4 rings (SSSR count). The standard InChI is InChI=1S/C31H32N6O2/c1-6-28(38)34-24-11-8-12-25(17-24)37-27-14-13-22(19-33-20(2)31(3,4)5)16-26(27)35-30(37)36-29(39)23-10-7-9-21(15-23)18-32/h6-17,20,33H,1,19H2,2-5H3,(H,34,38)(H,35,36,39)/t20-/m0/s1. The first kappa shape index (κ1) is 27.3. The summed E-state index contributed by atoms with van der Waals surface area (Å²) in [4.78, 5) is 29.8. The van der Waals surface area contributed by atoms with Gasteiger partial charge in [-0.2, -0.15) is 5.26 Å². The zero-order valence-corrected chi connectivity index (χ0v) is 22.6. The Kier molecular flexibility index (Phi) is 7.93. The summed E-state index contributed by atoms with van der Waals surface area (Å²) in [5.74, 6) is -0.395. The Morgan fingerprint density at radius 3 is 2.56 bits per heavy atom. The maximum absolute atomic E-state index is 13.2. The molecule has 0 saturated carbocycles. The van der Waals surface area contributed by atoms with Gasteiger partial charge in [-0.25, -0.2) is 4.98 Å². The van der Waals surface area contributed by atoms with Crippen molar-refractivity contribution in [3.63, 3.8) is 0 Å².